The number of halogens is 1. The highest BCUT2D eigenvalue weighted by atomic mass is 35.5. The molecule has 56 valence electrons. The maximum atomic E-state index is 5.60. The summed E-state index contributed by atoms with van der Waals surface area (Å²) >= 11 is 7.30. The molecule has 1 aromatic heterocycles. The van der Waals surface area contributed by atoms with Crippen LogP contribution in [0.15, 0.2) is 5.51 Å². The molecule has 1 nitrogen and oxygen atoms in total. The lowest BCUT2D eigenvalue weighted by Crippen LogP contribution is -1.88. The van der Waals surface area contributed by atoms with Crippen molar-refractivity contribution >= 4 is 22.9 Å². The van der Waals surface area contributed by atoms with Crippen LogP contribution in [0.3, 0.4) is 0 Å². The second-order valence-electron chi connectivity index (χ2n) is 2.01. The molecule has 0 bridgehead atoms. The number of aryl methyl sites for hydroxylation is 2. The first-order valence-electron chi connectivity index (χ1n) is 3.35. The molecule has 0 N–H and O–H groups in total. The minimum Gasteiger partial charge on any atom is -0.249 e. The standard InChI is InChI=1S/C7H10ClNS/c1-2-6-7(3-4-8)10-5-9-6/h5H,2-4H2,1H3. The van der Waals surface area contributed by atoms with Gasteiger partial charge in [0.1, 0.15) is 0 Å². The Hall–Kier alpha value is -0.0800. The van der Waals surface area contributed by atoms with Gasteiger partial charge in [-0.05, 0) is 12.8 Å². The molecule has 10 heavy (non-hydrogen) atoms. The number of rotatable bonds is 3. The van der Waals surface area contributed by atoms with E-state index in [1.807, 2.05) is 5.51 Å². The second-order valence-corrected chi connectivity index (χ2v) is 3.33. The molecular weight excluding hydrogens is 166 g/mol. The number of nitrogens with zero attached hydrogens (tertiary/aromatic N) is 1. The maximum Gasteiger partial charge on any atom is 0.0797 e. The number of hydrogen-bond acceptors (Lipinski definition) is 2. The van der Waals surface area contributed by atoms with Crippen molar-refractivity contribution in [2.45, 2.75) is 19.8 Å². The number of aromatic nitrogens is 1. The third kappa shape index (κ3) is 1.70. The largest absolute Gasteiger partial charge is 0.249 e. The van der Waals surface area contributed by atoms with Gasteiger partial charge in [0.2, 0.25) is 0 Å². The molecule has 0 aliphatic carbocycles. The van der Waals surface area contributed by atoms with Gasteiger partial charge >= 0.3 is 0 Å². The zero-order valence-corrected chi connectivity index (χ0v) is 7.50. The van der Waals surface area contributed by atoms with Gasteiger partial charge in [-0.2, -0.15) is 0 Å². The van der Waals surface area contributed by atoms with E-state index in [-0.39, 0.29) is 0 Å². The quantitative estimate of drug-likeness (QED) is 0.644. The Balaban J connectivity index is 2.70. The summed E-state index contributed by atoms with van der Waals surface area (Å²) in [7, 11) is 0. The molecule has 1 heterocycles. The smallest absolute Gasteiger partial charge is 0.0797 e. The zero-order chi connectivity index (χ0) is 7.40. The van der Waals surface area contributed by atoms with Crippen LogP contribution in [-0.4, -0.2) is 10.9 Å². The van der Waals surface area contributed by atoms with Crippen LogP contribution < -0.4 is 0 Å². The van der Waals surface area contributed by atoms with Crippen LogP contribution in [0.2, 0.25) is 0 Å². The van der Waals surface area contributed by atoms with Crippen LogP contribution in [0.4, 0.5) is 0 Å². The summed E-state index contributed by atoms with van der Waals surface area (Å²) in [6.07, 6.45) is 1.99. The summed E-state index contributed by atoms with van der Waals surface area (Å²) < 4.78 is 0. The highest BCUT2D eigenvalue weighted by Gasteiger charge is 2.01. The van der Waals surface area contributed by atoms with E-state index >= 15 is 0 Å². The van der Waals surface area contributed by atoms with Crippen LogP contribution >= 0.6 is 22.9 Å². The van der Waals surface area contributed by atoms with E-state index in [2.05, 4.69) is 11.9 Å². The Morgan fingerprint density at radius 1 is 1.70 bits per heavy atom. The average Bonchev–Trinajstić information content (AvgIpc) is 2.36. The summed E-state index contributed by atoms with van der Waals surface area (Å²) in [5.41, 5.74) is 3.10. The van der Waals surface area contributed by atoms with Crippen LogP contribution in [-0.2, 0) is 12.8 Å². The van der Waals surface area contributed by atoms with Gasteiger partial charge in [0.05, 0.1) is 11.2 Å². The van der Waals surface area contributed by atoms with E-state index in [0.29, 0.717) is 5.88 Å². The van der Waals surface area contributed by atoms with Gasteiger partial charge in [-0.15, -0.1) is 22.9 Å². The normalized spacial score (nSPS) is 10.2. The number of hydrogen-bond donors (Lipinski definition) is 0. The fourth-order valence-corrected chi connectivity index (χ4v) is 2.03. The topological polar surface area (TPSA) is 12.9 Å². The molecule has 0 amide bonds. The molecule has 0 saturated carbocycles. The molecule has 1 aromatic rings. The van der Waals surface area contributed by atoms with E-state index in [1.165, 1.54) is 10.6 Å². The van der Waals surface area contributed by atoms with E-state index in [9.17, 15) is 0 Å². The monoisotopic (exact) mass is 175 g/mol. The van der Waals surface area contributed by atoms with Gasteiger partial charge in [-0.3, -0.25) is 0 Å². The zero-order valence-electron chi connectivity index (χ0n) is 5.93. The fourth-order valence-electron chi connectivity index (χ4n) is 0.871. The minimum absolute atomic E-state index is 0.704. The summed E-state index contributed by atoms with van der Waals surface area (Å²) in [4.78, 5) is 5.56. The Morgan fingerprint density at radius 3 is 3.10 bits per heavy atom. The average molecular weight is 176 g/mol. The van der Waals surface area contributed by atoms with Gasteiger partial charge in [-0.25, -0.2) is 4.98 Å². The van der Waals surface area contributed by atoms with Crippen molar-refractivity contribution in [2.24, 2.45) is 0 Å². The van der Waals surface area contributed by atoms with Crippen molar-refractivity contribution < 1.29 is 0 Å². The van der Waals surface area contributed by atoms with Crippen molar-refractivity contribution in [3.05, 3.63) is 16.1 Å². The van der Waals surface area contributed by atoms with Gasteiger partial charge in [-0.1, -0.05) is 6.92 Å². The first-order chi connectivity index (χ1) is 4.88. The van der Waals surface area contributed by atoms with E-state index in [1.54, 1.807) is 11.3 Å². The summed E-state index contributed by atoms with van der Waals surface area (Å²) in [5, 5.41) is 0. The minimum atomic E-state index is 0.704. The first-order valence-corrected chi connectivity index (χ1v) is 4.77. The Labute approximate surface area is 70.1 Å². The van der Waals surface area contributed by atoms with Crippen molar-refractivity contribution in [1.82, 2.24) is 4.98 Å². The molecule has 0 unspecified atom stereocenters. The van der Waals surface area contributed by atoms with Gasteiger partial charge < -0.3 is 0 Å². The predicted molar refractivity (Wildman–Crippen MR) is 45.9 cm³/mol. The lowest BCUT2D eigenvalue weighted by molar-refractivity contribution is 1.01. The van der Waals surface area contributed by atoms with Gasteiger partial charge in [0, 0.05) is 10.8 Å². The molecule has 3 heteroatoms. The van der Waals surface area contributed by atoms with E-state index < -0.39 is 0 Å². The van der Waals surface area contributed by atoms with Crippen LogP contribution in [0.1, 0.15) is 17.5 Å². The molecule has 0 aliphatic rings. The van der Waals surface area contributed by atoms with Crippen LogP contribution in [0.5, 0.6) is 0 Å². The SMILES string of the molecule is CCc1ncsc1CCCl. The first kappa shape index (κ1) is 8.02. The Morgan fingerprint density at radius 2 is 2.50 bits per heavy atom. The van der Waals surface area contributed by atoms with E-state index in [4.69, 9.17) is 11.6 Å². The molecular formula is C7H10ClNS. The molecule has 1 rings (SSSR count). The predicted octanol–water partition coefficient (Wildman–Crippen LogP) is 2.49. The van der Waals surface area contributed by atoms with Gasteiger partial charge in [0.15, 0.2) is 0 Å². The molecule has 0 radical (unpaired) electrons. The molecule has 0 fully saturated rings. The van der Waals surface area contributed by atoms with Crippen molar-refractivity contribution in [3.63, 3.8) is 0 Å². The van der Waals surface area contributed by atoms with Crippen LogP contribution in [0, 0.1) is 0 Å². The number of thiazole rings is 1. The maximum absolute atomic E-state index is 5.60. The fraction of sp³-hybridized carbons (Fsp3) is 0.571. The second kappa shape index (κ2) is 3.94. The van der Waals surface area contributed by atoms with Gasteiger partial charge in [0.25, 0.3) is 0 Å². The van der Waals surface area contributed by atoms with Crippen molar-refractivity contribution in [2.75, 3.05) is 5.88 Å². The summed E-state index contributed by atoms with van der Waals surface area (Å²) in [6.45, 7) is 2.12. The number of alkyl halides is 1. The third-order valence-corrected chi connectivity index (χ3v) is 2.51. The lowest BCUT2D eigenvalue weighted by Gasteiger charge is -1.93. The molecule has 0 aliphatic heterocycles. The molecule has 0 spiro atoms. The highest BCUT2D eigenvalue weighted by molar-refractivity contribution is 7.09. The molecule has 0 aromatic carbocycles. The summed E-state index contributed by atoms with van der Waals surface area (Å²) in [6, 6.07) is 0. The third-order valence-electron chi connectivity index (χ3n) is 1.38. The summed E-state index contributed by atoms with van der Waals surface area (Å²) in [5.74, 6) is 0.704. The van der Waals surface area contributed by atoms with E-state index in [0.717, 1.165) is 12.8 Å². The Kier molecular flexibility index (Phi) is 3.16. The lowest BCUT2D eigenvalue weighted by atomic mass is 10.2. The molecule has 0 atom stereocenters. The highest BCUT2D eigenvalue weighted by Crippen LogP contribution is 2.14. The Bertz CT molecular complexity index is 197. The molecule has 0 saturated heterocycles. The van der Waals surface area contributed by atoms with Crippen LogP contribution in [0.25, 0.3) is 0 Å². The van der Waals surface area contributed by atoms with Crippen molar-refractivity contribution in [3.8, 4) is 0 Å². The van der Waals surface area contributed by atoms with Crippen molar-refractivity contribution in [1.29, 1.82) is 0 Å².